The molecule has 0 saturated carbocycles. The maximum absolute atomic E-state index is 10.4. The zero-order chi connectivity index (χ0) is 14.0. The van der Waals surface area contributed by atoms with E-state index >= 15 is 0 Å². The Labute approximate surface area is 123 Å². The van der Waals surface area contributed by atoms with Gasteiger partial charge in [-0.05, 0) is 28.2 Å². The van der Waals surface area contributed by atoms with E-state index < -0.39 is 6.10 Å². The summed E-state index contributed by atoms with van der Waals surface area (Å²) in [5.41, 5.74) is 3.22. The second-order valence-corrected chi connectivity index (χ2v) is 6.65. The monoisotopic (exact) mass is 318 g/mol. The summed E-state index contributed by atoms with van der Waals surface area (Å²) in [6, 6.07) is 16.0. The largest absolute Gasteiger partial charge is 0.384 e. The zero-order valence-electron chi connectivity index (χ0n) is 11.5. The Hall–Kier alpha value is -1.12. The van der Waals surface area contributed by atoms with Gasteiger partial charge in [0.1, 0.15) is 6.10 Å². The van der Waals surface area contributed by atoms with Crippen LogP contribution in [0.3, 0.4) is 0 Å². The number of benzene rings is 2. The van der Waals surface area contributed by atoms with Crippen molar-refractivity contribution in [1.82, 2.24) is 0 Å². The summed E-state index contributed by atoms with van der Waals surface area (Å²) in [7, 11) is 0. The van der Waals surface area contributed by atoms with Crippen LogP contribution in [0.4, 0.5) is 0 Å². The average molecular weight is 319 g/mol. The van der Waals surface area contributed by atoms with Crippen molar-refractivity contribution in [2.45, 2.75) is 32.3 Å². The highest BCUT2D eigenvalue weighted by atomic mass is 79.9. The Morgan fingerprint density at radius 1 is 0.947 bits per heavy atom. The predicted octanol–water partition coefficient (Wildman–Crippen LogP) is 4.83. The van der Waals surface area contributed by atoms with Gasteiger partial charge in [0.25, 0.3) is 0 Å². The van der Waals surface area contributed by atoms with E-state index in [0.717, 1.165) is 15.6 Å². The molecule has 0 aliphatic carbocycles. The third-order valence-corrected chi connectivity index (χ3v) is 4.01. The van der Waals surface area contributed by atoms with Gasteiger partial charge in [0.2, 0.25) is 0 Å². The number of aliphatic hydroxyl groups is 1. The molecule has 0 heterocycles. The maximum atomic E-state index is 10.4. The van der Waals surface area contributed by atoms with Crippen LogP contribution < -0.4 is 0 Å². The summed E-state index contributed by atoms with van der Waals surface area (Å²) in [5.74, 6) is 0. The van der Waals surface area contributed by atoms with Gasteiger partial charge in [-0.1, -0.05) is 79.2 Å². The fraction of sp³-hybridized carbons (Fsp3) is 0.294. The molecular weight excluding hydrogens is 300 g/mol. The van der Waals surface area contributed by atoms with Crippen LogP contribution in [0.25, 0.3) is 0 Å². The lowest BCUT2D eigenvalue weighted by Crippen LogP contribution is -2.11. The Morgan fingerprint density at radius 2 is 1.53 bits per heavy atom. The smallest absolute Gasteiger partial charge is 0.105 e. The van der Waals surface area contributed by atoms with Crippen LogP contribution in [0, 0.1) is 0 Å². The minimum Gasteiger partial charge on any atom is -0.384 e. The molecule has 1 atom stereocenters. The molecule has 0 unspecified atom stereocenters. The third-order valence-electron chi connectivity index (χ3n) is 3.29. The summed E-state index contributed by atoms with van der Waals surface area (Å²) in [6.07, 6.45) is -0.593. The molecule has 1 nitrogen and oxygen atoms in total. The Bertz CT molecular complexity index is 552. The van der Waals surface area contributed by atoms with E-state index in [-0.39, 0.29) is 5.41 Å². The second kappa shape index (κ2) is 5.48. The van der Waals surface area contributed by atoms with Gasteiger partial charge in [0.15, 0.2) is 0 Å². The average Bonchev–Trinajstić information content (AvgIpc) is 2.38. The molecule has 100 valence electrons. The first kappa shape index (κ1) is 14.3. The highest BCUT2D eigenvalue weighted by Crippen LogP contribution is 2.30. The van der Waals surface area contributed by atoms with E-state index in [0.29, 0.717) is 0 Å². The van der Waals surface area contributed by atoms with E-state index in [1.807, 2.05) is 36.4 Å². The lowest BCUT2D eigenvalue weighted by molar-refractivity contribution is 0.219. The summed E-state index contributed by atoms with van der Waals surface area (Å²) in [6.45, 7) is 6.56. The van der Waals surface area contributed by atoms with E-state index in [4.69, 9.17) is 0 Å². The number of rotatable bonds is 2. The predicted molar refractivity (Wildman–Crippen MR) is 83.3 cm³/mol. The van der Waals surface area contributed by atoms with Crippen LogP contribution in [-0.4, -0.2) is 5.11 Å². The summed E-state index contributed by atoms with van der Waals surface area (Å²) in [4.78, 5) is 0. The summed E-state index contributed by atoms with van der Waals surface area (Å²) in [5, 5.41) is 10.4. The highest BCUT2D eigenvalue weighted by Gasteiger charge is 2.16. The van der Waals surface area contributed by atoms with Crippen LogP contribution in [0.2, 0.25) is 0 Å². The number of hydrogen-bond acceptors (Lipinski definition) is 1. The second-order valence-electron chi connectivity index (χ2n) is 5.80. The van der Waals surface area contributed by atoms with E-state index in [2.05, 4.69) is 48.8 Å². The van der Waals surface area contributed by atoms with Crippen molar-refractivity contribution in [2.24, 2.45) is 0 Å². The van der Waals surface area contributed by atoms with Crippen molar-refractivity contribution < 1.29 is 5.11 Å². The lowest BCUT2D eigenvalue weighted by atomic mass is 9.86. The minimum absolute atomic E-state index is 0.136. The number of hydrogen-bond donors (Lipinski definition) is 1. The standard InChI is InChI=1S/C17H19BrO/c1-17(2,3)13-10-8-12(9-11-13)16(19)14-6-4-5-7-15(14)18/h4-11,16,19H,1-3H3/t16-/m1/s1. The molecule has 0 fully saturated rings. The minimum atomic E-state index is -0.593. The van der Waals surface area contributed by atoms with Crippen molar-refractivity contribution in [3.63, 3.8) is 0 Å². The first-order valence-corrected chi connectivity index (χ1v) is 7.22. The Balaban J connectivity index is 2.31. The summed E-state index contributed by atoms with van der Waals surface area (Å²) >= 11 is 3.48. The van der Waals surface area contributed by atoms with Gasteiger partial charge in [-0.25, -0.2) is 0 Å². The van der Waals surface area contributed by atoms with E-state index in [9.17, 15) is 5.11 Å². The van der Waals surface area contributed by atoms with Crippen LogP contribution in [0.5, 0.6) is 0 Å². The summed E-state index contributed by atoms with van der Waals surface area (Å²) < 4.78 is 0.933. The molecule has 0 aliphatic rings. The third kappa shape index (κ3) is 3.26. The first-order chi connectivity index (χ1) is 8.89. The van der Waals surface area contributed by atoms with Gasteiger partial charge in [-0.15, -0.1) is 0 Å². The molecule has 2 aromatic rings. The lowest BCUT2D eigenvalue weighted by Gasteiger charge is -2.20. The van der Waals surface area contributed by atoms with Crippen LogP contribution in [0.15, 0.2) is 53.0 Å². The molecule has 1 N–H and O–H groups in total. The quantitative estimate of drug-likeness (QED) is 0.841. The molecule has 19 heavy (non-hydrogen) atoms. The first-order valence-electron chi connectivity index (χ1n) is 6.42. The molecule has 0 aliphatic heterocycles. The van der Waals surface area contributed by atoms with Gasteiger partial charge >= 0.3 is 0 Å². The zero-order valence-corrected chi connectivity index (χ0v) is 13.1. The topological polar surface area (TPSA) is 20.2 Å². The normalized spacial score (nSPS) is 13.3. The van der Waals surface area contributed by atoms with Crippen LogP contribution >= 0.6 is 15.9 Å². The number of halogens is 1. The van der Waals surface area contributed by atoms with Crippen molar-refractivity contribution in [1.29, 1.82) is 0 Å². The van der Waals surface area contributed by atoms with Gasteiger partial charge in [0, 0.05) is 4.47 Å². The SMILES string of the molecule is CC(C)(C)c1ccc([C@@H](O)c2ccccc2Br)cc1. The van der Waals surface area contributed by atoms with Gasteiger partial charge in [-0.3, -0.25) is 0 Å². The molecule has 2 heteroatoms. The molecule has 0 aromatic heterocycles. The molecule has 0 amide bonds. The molecule has 0 bridgehead atoms. The van der Waals surface area contributed by atoms with Crippen molar-refractivity contribution in [2.75, 3.05) is 0 Å². The van der Waals surface area contributed by atoms with E-state index in [1.54, 1.807) is 0 Å². The molecule has 2 rings (SSSR count). The van der Waals surface area contributed by atoms with Gasteiger partial charge in [0.05, 0.1) is 0 Å². The molecular formula is C17H19BrO. The van der Waals surface area contributed by atoms with Crippen molar-refractivity contribution in [3.8, 4) is 0 Å². The van der Waals surface area contributed by atoms with E-state index in [1.165, 1.54) is 5.56 Å². The fourth-order valence-electron chi connectivity index (χ4n) is 2.04. The maximum Gasteiger partial charge on any atom is 0.105 e. The van der Waals surface area contributed by atoms with Gasteiger partial charge < -0.3 is 5.11 Å². The highest BCUT2D eigenvalue weighted by molar-refractivity contribution is 9.10. The van der Waals surface area contributed by atoms with Crippen molar-refractivity contribution in [3.05, 3.63) is 69.7 Å². The van der Waals surface area contributed by atoms with Crippen LogP contribution in [-0.2, 0) is 5.41 Å². The van der Waals surface area contributed by atoms with Crippen LogP contribution in [0.1, 0.15) is 43.6 Å². The Kier molecular flexibility index (Phi) is 4.12. The molecule has 0 saturated heterocycles. The van der Waals surface area contributed by atoms with Gasteiger partial charge in [-0.2, -0.15) is 0 Å². The fourth-order valence-corrected chi connectivity index (χ4v) is 2.54. The van der Waals surface area contributed by atoms with Crippen molar-refractivity contribution >= 4 is 15.9 Å². The molecule has 0 radical (unpaired) electrons. The Morgan fingerprint density at radius 3 is 2.05 bits per heavy atom. The molecule has 2 aromatic carbocycles. The number of aliphatic hydroxyl groups excluding tert-OH is 1. The molecule has 0 spiro atoms.